The largest absolute Gasteiger partial charge is 0.511 e. The number of carboxylic acid groups (broad SMARTS) is 1. The molecule has 0 radical (unpaired) electrons. The highest BCUT2D eigenvalue weighted by molar-refractivity contribution is 5.61. The Hall–Kier alpha value is -1.72. The lowest BCUT2D eigenvalue weighted by atomic mass is 10.3. The Bertz CT molecular complexity index is 221. The van der Waals surface area contributed by atoms with Crippen molar-refractivity contribution in [2.24, 2.45) is 0 Å². The van der Waals surface area contributed by atoms with E-state index in [2.05, 4.69) is 20.8 Å². The third-order valence-corrected chi connectivity index (χ3v) is 0.980. The third kappa shape index (κ3) is 4.67. The zero-order valence-electron chi connectivity index (χ0n) is 7.27. The molecule has 0 spiro atoms. The van der Waals surface area contributed by atoms with Gasteiger partial charge < -0.3 is 19.3 Å². The van der Waals surface area contributed by atoms with Gasteiger partial charge in [-0.05, 0) is 6.92 Å². The van der Waals surface area contributed by atoms with Crippen LogP contribution >= 0.6 is 0 Å². The van der Waals surface area contributed by atoms with Crippen molar-refractivity contribution in [1.29, 1.82) is 0 Å². The van der Waals surface area contributed by atoms with Gasteiger partial charge in [0, 0.05) is 5.57 Å². The molecule has 0 saturated carbocycles. The van der Waals surface area contributed by atoms with Crippen LogP contribution in [0.3, 0.4) is 0 Å². The first kappa shape index (κ1) is 11.3. The van der Waals surface area contributed by atoms with Gasteiger partial charge in [-0.3, -0.25) is 0 Å². The van der Waals surface area contributed by atoms with E-state index in [1.807, 2.05) is 0 Å². The summed E-state index contributed by atoms with van der Waals surface area (Å²) in [5.74, 6) is 0. The molecule has 0 aromatic rings. The molecule has 0 aliphatic rings. The molecule has 0 heterocycles. The van der Waals surface area contributed by atoms with Crippen molar-refractivity contribution in [1.82, 2.24) is 0 Å². The Morgan fingerprint density at radius 1 is 1.38 bits per heavy atom. The van der Waals surface area contributed by atoms with Gasteiger partial charge in [0.1, 0.15) is 0 Å². The average Bonchev–Trinajstić information content (AvgIpc) is 2.02. The van der Waals surface area contributed by atoms with E-state index in [0.29, 0.717) is 0 Å². The Morgan fingerprint density at radius 2 is 1.92 bits per heavy atom. The first-order valence-corrected chi connectivity index (χ1v) is 3.27. The van der Waals surface area contributed by atoms with Crippen molar-refractivity contribution in [2.75, 3.05) is 7.11 Å². The van der Waals surface area contributed by atoms with E-state index >= 15 is 0 Å². The van der Waals surface area contributed by atoms with E-state index in [1.54, 1.807) is 0 Å². The lowest BCUT2D eigenvalue weighted by Gasteiger charge is -2.14. The van der Waals surface area contributed by atoms with Gasteiger partial charge >= 0.3 is 12.3 Å². The van der Waals surface area contributed by atoms with Crippen LogP contribution in [-0.4, -0.2) is 30.8 Å². The highest BCUT2D eigenvalue weighted by atomic mass is 16.8. The molecule has 13 heavy (non-hydrogen) atoms. The van der Waals surface area contributed by atoms with Crippen LogP contribution in [0.25, 0.3) is 0 Å². The van der Waals surface area contributed by atoms with Crippen LogP contribution in [0.2, 0.25) is 0 Å². The topological polar surface area (TPSA) is 82.1 Å². The predicted molar refractivity (Wildman–Crippen MR) is 41.2 cm³/mol. The summed E-state index contributed by atoms with van der Waals surface area (Å²) in [6.07, 6.45) is -3.92. The quantitative estimate of drug-likeness (QED) is 0.411. The number of carbonyl (C=O) groups is 2. The molecule has 0 amide bonds. The molecular formula is C7H10O6. The molecule has 0 saturated heterocycles. The molecule has 0 aliphatic carbocycles. The summed E-state index contributed by atoms with van der Waals surface area (Å²) < 4.78 is 12.7. The van der Waals surface area contributed by atoms with Crippen LogP contribution in [0.5, 0.6) is 0 Å². The zero-order chi connectivity index (χ0) is 10.4. The van der Waals surface area contributed by atoms with Crippen LogP contribution in [0.4, 0.5) is 9.59 Å². The molecule has 0 fully saturated rings. The van der Waals surface area contributed by atoms with Crippen molar-refractivity contribution < 1.29 is 28.9 Å². The Morgan fingerprint density at radius 3 is 2.23 bits per heavy atom. The monoisotopic (exact) mass is 190 g/mol. The molecule has 1 atom stereocenters. The molecule has 0 rings (SSSR count). The van der Waals surface area contributed by atoms with Gasteiger partial charge in [-0.2, -0.15) is 0 Å². The number of hydrogen-bond acceptors (Lipinski definition) is 5. The smallest absolute Gasteiger partial charge is 0.450 e. The van der Waals surface area contributed by atoms with Gasteiger partial charge in [0.2, 0.25) is 0 Å². The molecule has 0 aromatic carbocycles. The maximum Gasteiger partial charge on any atom is 0.511 e. The van der Waals surface area contributed by atoms with Crippen molar-refractivity contribution >= 4 is 12.3 Å². The molecule has 6 nitrogen and oxygen atoms in total. The highest BCUT2D eigenvalue weighted by Gasteiger charge is 2.19. The maximum atomic E-state index is 10.5. The summed E-state index contributed by atoms with van der Waals surface area (Å²) in [4.78, 5) is 20.6. The second-order valence-electron chi connectivity index (χ2n) is 2.13. The van der Waals surface area contributed by atoms with Crippen molar-refractivity contribution in [3.8, 4) is 0 Å². The first-order chi connectivity index (χ1) is 5.97. The van der Waals surface area contributed by atoms with Crippen molar-refractivity contribution in [2.45, 2.75) is 13.2 Å². The Balaban J connectivity index is 4.18. The summed E-state index contributed by atoms with van der Waals surface area (Å²) in [7, 11) is 1.10. The average molecular weight is 190 g/mol. The second kappa shape index (κ2) is 5.02. The fourth-order valence-corrected chi connectivity index (χ4v) is 0.452. The fraction of sp³-hybridized carbons (Fsp3) is 0.429. The summed E-state index contributed by atoms with van der Waals surface area (Å²) in [5, 5.41) is 8.22. The van der Waals surface area contributed by atoms with Gasteiger partial charge in [0.05, 0.1) is 7.11 Å². The van der Waals surface area contributed by atoms with Gasteiger partial charge in [-0.15, -0.1) is 0 Å². The second-order valence-corrected chi connectivity index (χ2v) is 2.13. The maximum absolute atomic E-state index is 10.5. The summed E-state index contributed by atoms with van der Waals surface area (Å²) in [6, 6.07) is 0. The Kier molecular flexibility index (Phi) is 4.36. The molecule has 0 bridgehead atoms. The molecule has 0 aromatic heterocycles. The molecule has 0 aliphatic heterocycles. The first-order valence-electron chi connectivity index (χ1n) is 3.27. The summed E-state index contributed by atoms with van der Waals surface area (Å²) in [6.45, 7) is 4.83. The van der Waals surface area contributed by atoms with E-state index in [-0.39, 0.29) is 5.57 Å². The minimum absolute atomic E-state index is 0.243. The predicted octanol–water partition coefficient (Wildman–Crippen LogP) is 1.37. The van der Waals surface area contributed by atoms with Gasteiger partial charge in [0.15, 0.2) is 0 Å². The van der Waals surface area contributed by atoms with E-state index in [9.17, 15) is 9.59 Å². The van der Waals surface area contributed by atoms with E-state index in [1.165, 1.54) is 6.92 Å². The highest BCUT2D eigenvalue weighted by Crippen LogP contribution is 2.06. The van der Waals surface area contributed by atoms with E-state index in [0.717, 1.165) is 7.11 Å². The van der Waals surface area contributed by atoms with Crippen LogP contribution < -0.4 is 0 Å². The Labute approximate surface area is 74.7 Å². The van der Waals surface area contributed by atoms with E-state index < -0.39 is 18.6 Å². The summed E-state index contributed by atoms with van der Waals surface area (Å²) in [5.41, 5.74) is 0.243. The normalized spacial score (nSPS) is 11.2. The molecule has 1 N–H and O–H groups in total. The SMILES string of the molecule is C=C(C)C(OC(=O)O)OC(=O)OC. The lowest BCUT2D eigenvalue weighted by Crippen LogP contribution is -2.24. The van der Waals surface area contributed by atoms with E-state index in [4.69, 9.17) is 5.11 Å². The molecular weight excluding hydrogens is 180 g/mol. The zero-order valence-corrected chi connectivity index (χ0v) is 7.27. The van der Waals surface area contributed by atoms with Gasteiger partial charge in [-0.1, -0.05) is 6.58 Å². The van der Waals surface area contributed by atoms with Crippen LogP contribution in [-0.2, 0) is 14.2 Å². The third-order valence-electron chi connectivity index (χ3n) is 0.980. The number of ether oxygens (including phenoxy) is 3. The molecule has 6 heteroatoms. The molecule has 1 unspecified atom stereocenters. The summed E-state index contributed by atoms with van der Waals surface area (Å²) >= 11 is 0. The number of hydrogen-bond donors (Lipinski definition) is 1. The standard InChI is InChI=1S/C7H10O6/c1-4(2)5(12-6(8)9)13-7(10)11-3/h5H,1H2,2-3H3,(H,8,9). The van der Waals surface area contributed by atoms with Crippen LogP contribution in [0.1, 0.15) is 6.92 Å². The van der Waals surface area contributed by atoms with Crippen molar-refractivity contribution in [3.63, 3.8) is 0 Å². The number of methoxy groups -OCH3 is 1. The minimum Gasteiger partial charge on any atom is -0.450 e. The molecule has 74 valence electrons. The van der Waals surface area contributed by atoms with Crippen LogP contribution in [0, 0.1) is 0 Å². The van der Waals surface area contributed by atoms with Crippen LogP contribution in [0.15, 0.2) is 12.2 Å². The number of carbonyl (C=O) groups excluding carboxylic acids is 1. The van der Waals surface area contributed by atoms with Gasteiger partial charge in [0.25, 0.3) is 6.29 Å². The fourth-order valence-electron chi connectivity index (χ4n) is 0.452. The lowest BCUT2D eigenvalue weighted by molar-refractivity contribution is -0.0732. The number of rotatable bonds is 3. The van der Waals surface area contributed by atoms with Crippen molar-refractivity contribution in [3.05, 3.63) is 12.2 Å². The van der Waals surface area contributed by atoms with Gasteiger partial charge in [-0.25, -0.2) is 9.59 Å². The minimum atomic E-state index is -1.56.